The lowest BCUT2D eigenvalue weighted by Gasteiger charge is -2.45. The number of esters is 1. The molecule has 0 aromatic heterocycles. The minimum atomic E-state index is -1.27. The summed E-state index contributed by atoms with van der Waals surface area (Å²) in [4.78, 5) is 54.8. The van der Waals surface area contributed by atoms with Gasteiger partial charge in [0.25, 0.3) is 5.91 Å². The molecule has 9 rings (SSSR count). The van der Waals surface area contributed by atoms with Crippen molar-refractivity contribution in [3.63, 3.8) is 0 Å². The van der Waals surface area contributed by atoms with Gasteiger partial charge in [-0.25, -0.2) is 22.4 Å². The van der Waals surface area contributed by atoms with Crippen LogP contribution in [-0.4, -0.2) is 116 Å². The average molecular weight is 1260 g/mol. The number of aliphatic hydroxyl groups is 1. The lowest BCUT2D eigenvalue weighted by Crippen LogP contribution is -2.62. The highest BCUT2D eigenvalue weighted by atomic mass is 35.5. The Hall–Kier alpha value is -6.07. The number of nitrogens with zero attached hydrogens (tertiary/aromatic N) is 2. The average Bonchev–Trinajstić information content (AvgIpc) is 1.55. The second-order valence-electron chi connectivity index (χ2n) is 24.7. The first-order valence-corrected chi connectivity index (χ1v) is 28.1. The van der Waals surface area contributed by atoms with Crippen molar-refractivity contribution in [3.8, 4) is 0 Å². The molecule has 0 bridgehead atoms. The zero-order valence-corrected chi connectivity index (χ0v) is 51.1. The molecule has 16 nitrogen and oxygen atoms in total. The Morgan fingerprint density at radius 3 is 1.60 bits per heavy atom. The van der Waals surface area contributed by atoms with Crippen molar-refractivity contribution in [2.24, 2.45) is 16.6 Å². The number of carbonyl (C=O) groups excluding carboxylic acids is 4. The summed E-state index contributed by atoms with van der Waals surface area (Å²) in [6.45, 7) is 19.4. The largest absolute Gasteiger partial charge is 0.454 e. The number of amides is 3. The van der Waals surface area contributed by atoms with Gasteiger partial charge in [-0.15, -0.1) is 12.4 Å². The number of aliphatic hydroxyl groups excluding tert-OH is 1. The lowest BCUT2D eigenvalue weighted by atomic mass is 9.93. The molecule has 0 spiro atoms. The van der Waals surface area contributed by atoms with Gasteiger partial charge < -0.3 is 59.1 Å². The topological polar surface area (TPSA) is 198 Å². The second-order valence-corrected chi connectivity index (χ2v) is 24.7. The van der Waals surface area contributed by atoms with Crippen LogP contribution >= 0.6 is 12.4 Å². The van der Waals surface area contributed by atoms with E-state index in [-0.39, 0.29) is 82.6 Å². The number of aryl methyl sites for hydroxylation is 2. The summed E-state index contributed by atoms with van der Waals surface area (Å²) < 4.78 is 94.4. The molecule has 21 heteroatoms. The molecular weight excluding hydrogens is 1160 g/mol. The number of ether oxygens (including phenoxy) is 7. The molecule has 3 fully saturated rings. The van der Waals surface area contributed by atoms with Crippen molar-refractivity contribution in [3.05, 3.63) is 155 Å². The van der Waals surface area contributed by atoms with E-state index < -0.39 is 107 Å². The van der Waals surface area contributed by atoms with E-state index in [4.69, 9.17) is 38.9 Å². The van der Waals surface area contributed by atoms with Crippen LogP contribution in [0.4, 0.5) is 28.9 Å². The number of allylic oxidation sites excluding steroid dienone is 2. The second kappa shape index (κ2) is 31.6. The van der Waals surface area contributed by atoms with Gasteiger partial charge in [-0.1, -0.05) is 125 Å². The summed E-state index contributed by atoms with van der Waals surface area (Å²) in [6, 6.07) is 19.6. The minimum Gasteiger partial charge on any atom is -0.454 e. The van der Waals surface area contributed by atoms with Gasteiger partial charge in [-0.2, -0.15) is 0 Å². The highest BCUT2D eigenvalue weighted by Crippen LogP contribution is 2.38. The quantitative estimate of drug-likeness (QED) is 0.0729. The van der Waals surface area contributed by atoms with Crippen LogP contribution in [0.1, 0.15) is 127 Å². The molecule has 2 unspecified atom stereocenters. The minimum absolute atomic E-state index is 0. The van der Waals surface area contributed by atoms with Gasteiger partial charge in [0.15, 0.2) is 29.9 Å². The number of nitrogens with two attached hydrogens (primary N) is 1. The van der Waals surface area contributed by atoms with Crippen LogP contribution in [0, 0.1) is 34.1 Å². The van der Waals surface area contributed by atoms with Gasteiger partial charge in [0, 0.05) is 37.7 Å². The zero-order chi connectivity index (χ0) is 61.6. The smallest absolute Gasteiger partial charge is 0.338 e. The molecule has 3 amide bonds. The zero-order valence-electron chi connectivity index (χ0n) is 50.2. The van der Waals surface area contributed by atoms with E-state index >= 15 is 0 Å². The number of anilines is 2. The molecule has 0 saturated carbocycles. The third-order valence-electron chi connectivity index (χ3n) is 14.4. The van der Waals surface area contributed by atoms with E-state index in [1.165, 1.54) is 48.3 Å². The first kappa shape index (κ1) is 76.2. The van der Waals surface area contributed by atoms with E-state index in [2.05, 4.69) is 32.2 Å². The van der Waals surface area contributed by atoms with Gasteiger partial charge >= 0.3 is 5.97 Å². The number of benzene rings is 4. The maximum Gasteiger partial charge on any atom is 0.338 e. The molecule has 0 radical (unpaired) electrons. The molecule has 4 N–H and O–H groups in total. The Bertz CT molecular complexity index is 3020. The highest BCUT2D eigenvalue weighted by Gasteiger charge is 2.56. The molecule has 5 aliphatic rings. The first-order valence-electron chi connectivity index (χ1n) is 28.1. The summed E-state index contributed by atoms with van der Waals surface area (Å²) in [5, 5.41) is 14.0. The Morgan fingerprint density at radius 2 is 1.12 bits per heavy atom. The summed E-state index contributed by atoms with van der Waals surface area (Å²) in [7, 11) is 2.82. The third kappa shape index (κ3) is 20.0. The Morgan fingerprint density at radius 1 is 0.682 bits per heavy atom. The summed E-state index contributed by atoms with van der Waals surface area (Å²) in [5.74, 6) is -6.42. The normalized spacial score (nSPS) is 24.9. The number of fused-ring (bicyclic) bond motifs is 3. The van der Waals surface area contributed by atoms with Crippen molar-refractivity contribution >= 4 is 47.5 Å². The monoisotopic (exact) mass is 1260 g/mol. The maximum absolute atomic E-state index is 14.0. The highest BCUT2D eigenvalue weighted by molar-refractivity contribution is 6.01. The van der Waals surface area contributed by atoms with Crippen LogP contribution in [0.2, 0.25) is 0 Å². The van der Waals surface area contributed by atoms with Crippen LogP contribution in [0.5, 0.6) is 0 Å². The van der Waals surface area contributed by atoms with Gasteiger partial charge in [-0.3, -0.25) is 14.4 Å². The van der Waals surface area contributed by atoms with Crippen molar-refractivity contribution < 1.29 is 75.0 Å². The van der Waals surface area contributed by atoms with Crippen LogP contribution in [0.3, 0.4) is 0 Å². The summed E-state index contributed by atoms with van der Waals surface area (Å²) in [6.07, 6.45) is 3.43. The van der Waals surface area contributed by atoms with Crippen LogP contribution < -0.4 is 20.9 Å². The summed E-state index contributed by atoms with van der Waals surface area (Å²) in [5.41, 5.74) is 9.69. The molecular formula is C67H93ClF4N4O12. The maximum atomic E-state index is 14.0. The Labute approximate surface area is 523 Å². The molecule has 5 heterocycles. The number of carbonyl (C=O) groups is 4. The third-order valence-corrected chi connectivity index (χ3v) is 14.4. The predicted octanol–water partition coefficient (Wildman–Crippen LogP) is 11.6. The van der Waals surface area contributed by atoms with Gasteiger partial charge in [0.05, 0.1) is 19.1 Å². The Balaban J connectivity index is 0.000000371. The fourth-order valence-electron chi connectivity index (χ4n) is 10.6. The molecule has 3 saturated heterocycles. The number of rotatable bonds is 11. The van der Waals surface area contributed by atoms with Crippen molar-refractivity contribution in [2.75, 3.05) is 24.0 Å². The molecule has 0 aliphatic carbocycles. The number of nitrogens with one attached hydrogen (secondary N) is 1. The fourth-order valence-corrected chi connectivity index (χ4v) is 10.6. The van der Waals surface area contributed by atoms with Crippen LogP contribution in [-0.2, 0) is 78.3 Å². The molecule has 488 valence electrons. The van der Waals surface area contributed by atoms with Gasteiger partial charge in [0.1, 0.15) is 59.8 Å². The fraction of sp³-hybridized carbons (Fsp3) is 0.522. The van der Waals surface area contributed by atoms with Crippen molar-refractivity contribution in [2.45, 2.75) is 203 Å². The number of halogens is 5. The standard InChI is InChI=1S/C32H40F2N2O6.C17H16F2N2O.C15H24O5.3CH4.ClH/c1-31(2,3)14-13-25-26(37)27(42-32(4,5)41-25)28(40-6)29(38)35-23-12-11-20-9-7-8-10-24(20)36(30(23)39)18-19-15-21(33)17-22(34)16-19;18-13-7-11(8-14(19)9-13)10-21-16-4-2-1-3-12(16)5-6-15(20)17(21)22;1-14(2,3)8-7-9-10-11(20-15(4,5)19-9)12(17-6)13(16)18-10;;;;/h7-10,13-17,23,25-28,37H,11-12,18H2,1-6H3,(H,35,38);1-4,7-9,15H,5-6,10,20H2;7-12H,1-6H3;3*1H4;1H/b14-13+;;8-7+;;;;/t23?,25-,26+,27-,28-;;9-,10+,11-,12-;;;;/m1.1..../s1. The van der Waals surface area contributed by atoms with E-state index in [9.17, 15) is 41.8 Å². The predicted molar refractivity (Wildman–Crippen MR) is 334 cm³/mol. The van der Waals surface area contributed by atoms with E-state index in [1.807, 2.05) is 83.2 Å². The molecule has 4 aromatic carbocycles. The van der Waals surface area contributed by atoms with E-state index in [0.717, 1.165) is 28.9 Å². The van der Waals surface area contributed by atoms with Crippen LogP contribution in [0.15, 0.2) is 109 Å². The number of hydrogen-bond acceptors (Lipinski definition) is 13. The first-order chi connectivity index (χ1) is 39.3. The Kier molecular flexibility index (Phi) is 27.3. The summed E-state index contributed by atoms with van der Waals surface area (Å²) >= 11 is 0. The SMILES string of the molecule is C.C.C.CO[C@@H](C(=O)NC1CCc2ccccc2N(Cc2cc(F)cc(F)c2)C1=O)[C@@H]1OC(C)(C)O[C@H](/C=C/C(C)(C)C)[C@@H]1O.CO[C@H]1C(=O)O[C@@H]2[C@H]1OC(C)(C)O[C@@H]2/C=C/C(C)(C)C.Cl.NC1CCc2ccccc2N(Cc2cc(F)cc(F)c2)C1=O. The lowest BCUT2D eigenvalue weighted by molar-refractivity contribution is -0.334. The van der Waals surface area contributed by atoms with Crippen molar-refractivity contribution in [1.82, 2.24) is 5.32 Å². The van der Waals surface area contributed by atoms with Gasteiger partial charge in [0.2, 0.25) is 11.8 Å². The van der Waals surface area contributed by atoms with Crippen molar-refractivity contribution in [1.29, 1.82) is 0 Å². The van der Waals surface area contributed by atoms with E-state index in [1.54, 1.807) is 32.1 Å². The number of methoxy groups -OCH3 is 2. The van der Waals surface area contributed by atoms with E-state index in [0.29, 0.717) is 30.5 Å². The molecule has 88 heavy (non-hydrogen) atoms. The van der Waals surface area contributed by atoms with Gasteiger partial charge in [-0.05, 0) is 123 Å². The van der Waals surface area contributed by atoms with Crippen LogP contribution in [0.25, 0.3) is 0 Å². The molecule has 4 aromatic rings. The number of para-hydroxylation sites is 2. The number of hydrogen-bond donors (Lipinski definition) is 3. The molecule has 10 atom stereocenters. The molecule has 5 aliphatic heterocycles.